The molecule has 0 aliphatic carbocycles. The van der Waals surface area contributed by atoms with Crippen LogP contribution in [0.5, 0.6) is 0 Å². The SMILES string of the molecule is CCCCc1nc(C)c(N)nc1Cl. The Morgan fingerprint density at radius 1 is 1.38 bits per heavy atom. The molecule has 0 fully saturated rings. The first-order valence-electron chi connectivity index (χ1n) is 4.43. The molecule has 72 valence electrons. The maximum Gasteiger partial charge on any atom is 0.152 e. The third kappa shape index (κ3) is 2.56. The van der Waals surface area contributed by atoms with Crippen molar-refractivity contribution >= 4 is 17.4 Å². The molecule has 13 heavy (non-hydrogen) atoms. The molecule has 0 aromatic carbocycles. The van der Waals surface area contributed by atoms with E-state index < -0.39 is 0 Å². The van der Waals surface area contributed by atoms with E-state index in [0.29, 0.717) is 11.0 Å². The second-order valence-corrected chi connectivity index (χ2v) is 3.39. The van der Waals surface area contributed by atoms with E-state index in [4.69, 9.17) is 17.3 Å². The molecule has 0 unspecified atom stereocenters. The maximum absolute atomic E-state index is 5.88. The van der Waals surface area contributed by atoms with Gasteiger partial charge in [0.1, 0.15) is 5.82 Å². The average molecular weight is 200 g/mol. The highest BCUT2D eigenvalue weighted by Crippen LogP contribution is 2.16. The predicted octanol–water partition coefficient (Wildman–Crippen LogP) is 2.36. The van der Waals surface area contributed by atoms with E-state index in [2.05, 4.69) is 16.9 Å². The summed E-state index contributed by atoms with van der Waals surface area (Å²) in [7, 11) is 0. The highest BCUT2D eigenvalue weighted by molar-refractivity contribution is 6.30. The average Bonchev–Trinajstić information content (AvgIpc) is 2.09. The van der Waals surface area contributed by atoms with Crippen molar-refractivity contribution in [2.24, 2.45) is 0 Å². The van der Waals surface area contributed by atoms with Crippen molar-refractivity contribution in [1.82, 2.24) is 9.97 Å². The number of nitrogens with two attached hydrogens (primary N) is 1. The maximum atomic E-state index is 5.88. The van der Waals surface area contributed by atoms with E-state index >= 15 is 0 Å². The van der Waals surface area contributed by atoms with Crippen LogP contribution in [0.4, 0.5) is 5.82 Å². The summed E-state index contributed by atoms with van der Waals surface area (Å²) in [5.41, 5.74) is 7.18. The van der Waals surface area contributed by atoms with Crippen molar-refractivity contribution in [1.29, 1.82) is 0 Å². The van der Waals surface area contributed by atoms with Crippen LogP contribution in [-0.4, -0.2) is 9.97 Å². The third-order valence-corrected chi connectivity index (χ3v) is 2.20. The molecule has 0 aliphatic heterocycles. The zero-order valence-electron chi connectivity index (χ0n) is 7.97. The van der Waals surface area contributed by atoms with Gasteiger partial charge in [-0.05, 0) is 19.8 Å². The molecule has 4 heteroatoms. The minimum absolute atomic E-state index is 0.422. The minimum Gasteiger partial charge on any atom is -0.382 e. The highest BCUT2D eigenvalue weighted by Gasteiger charge is 2.06. The molecular weight excluding hydrogens is 186 g/mol. The number of hydrogen-bond donors (Lipinski definition) is 1. The number of anilines is 1. The zero-order valence-corrected chi connectivity index (χ0v) is 8.73. The minimum atomic E-state index is 0.422. The molecule has 0 aliphatic rings. The Morgan fingerprint density at radius 3 is 2.69 bits per heavy atom. The molecule has 0 bridgehead atoms. The lowest BCUT2D eigenvalue weighted by Crippen LogP contribution is -2.02. The summed E-state index contributed by atoms with van der Waals surface area (Å²) in [6.07, 6.45) is 3.09. The van der Waals surface area contributed by atoms with Crippen LogP contribution in [0.15, 0.2) is 0 Å². The highest BCUT2D eigenvalue weighted by atomic mass is 35.5. The molecule has 0 radical (unpaired) electrons. The van der Waals surface area contributed by atoms with Crippen LogP contribution < -0.4 is 5.73 Å². The topological polar surface area (TPSA) is 51.8 Å². The first-order valence-corrected chi connectivity index (χ1v) is 4.81. The van der Waals surface area contributed by atoms with E-state index in [9.17, 15) is 0 Å². The second kappa shape index (κ2) is 4.42. The van der Waals surface area contributed by atoms with Crippen molar-refractivity contribution < 1.29 is 0 Å². The molecular formula is C9H14ClN3. The van der Waals surface area contributed by atoms with Crippen molar-refractivity contribution in [3.05, 3.63) is 16.5 Å². The Morgan fingerprint density at radius 2 is 2.08 bits per heavy atom. The lowest BCUT2D eigenvalue weighted by molar-refractivity contribution is 0.769. The van der Waals surface area contributed by atoms with Crippen LogP contribution in [0, 0.1) is 6.92 Å². The molecule has 1 aromatic heterocycles. The summed E-state index contributed by atoms with van der Waals surface area (Å²) >= 11 is 5.88. The van der Waals surface area contributed by atoms with Crippen molar-refractivity contribution in [2.75, 3.05) is 5.73 Å². The molecule has 0 saturated heterocycles. The van der Waals surface area contributed by atoms with Gasteiger partial charge in [-0.15, -0.1) is 0 Å². The summed E-state index contributed by atoms with van der Waals surface area (Å²) in [5, 5.41) is 0.441. The van der Waals surface area contributed by atoms with Gasteiger partial charge in [0.15, 0.2) is 5.15 Å². The monoisotopic (exact) mass is 199 g/mol. The number of rotatable bonds is 3. The van der Waals surface area contributed by atoms with E-state index in [1.54, 1.807) is 0 Å². The van der Waals surface area contributed by atoms with Gasteiger partial charge < -0.3 is 5.73 Å². The Labute approximate surface area is 83.3 Å². The number of halogens is 1. The van der Waals surface area contributed by atoms with Crippen LogP contribution in [0.25, 0.3) is 0 Å². The number of hydrogen-bond acceptors (Lipinski definition) is 3. The molecule has 1 rings (SSSR count). The van der Waals surface area contributed by atoms with Gasteiger partial charge in [-0.25, -0.2) is 4.98 Å². The lowest BCUT2D eigenvalue weighted by Gasteiger charge is -2.04. The fraction of sp³-hybridized carbons (Fsp3) is 0.556. The van der Waals surface area contributed by atoms with Gasteiger partial charge in [-0.2, -0.15) is 0 Å². The van der Waals surface area contributed by atoms with Crippen LogP contribution in [-0.2, 0) is 6.42 Å². The van der Waals surface area contributed by atoms with Gasteiger partial charge >= 0.3 is 0 Å². The van der Waals surface area contributed by atoms with E-state index in [-0.39, 0.29) is 0 Å². The Hall–Kier alpha value is -0.830. The molecule has 0 spiro atoms. The van der Waals surface area contributed by atoms with Gasteiger partial charge in [0.2, 0.25) is 0 Å². The Bertz CT molecular complexity index is 299. The fourth-order valence-corrected chi connectivity index (χ4v) is 1.29. The van der Waals surface area contributed by atoms with Gasteiger partial charge in [0.25, 0.3) is 0 Å². The van der Waals surface area contributed by atoms with E-state index in [1.165, 1.54) is 0 Å². The molecule has 1 heterocycles. The Balaban J connectivity index is 2.88. The van der Waals surface area contributed by atoms with Crippen molar-refractivity contribution in [3.63, 3.8) is 0 Å². The van der Waals surface area contributed by atoms with E-state index in [0.717, 1.165) is 30.7 Å². The molecule has 0 amide bonds. The standard InChI is InChI=1S/C9H14ClN3/c1-3-4-5-7-8(10)13-9(11)6(2)12-7/h3-5H2,1-2H3,(H2,11,13). The quantitative estimate of drug-likeness (QED) is 0.813. The molecule has 2 N–H and O–H groups in total. The molecule has 3 nitrogen and oxygen atoms in total. The summed E-state index contributed by atoms with van der Waals surface area (Å²) in [6, 6.07) is 0. The number of unbranched alkanes of at least 4 members (excludes halogenated alkanes) is 1. The number of nitrogen functional groups attached to an aromatic ring is 1. The molecule has 0 saturated carbocycles. The number of nitrogens with zero attached hydrogens (tertiary/aromatic N) is 2. The van der Waals surface area contributed by atoms with Crippen LogP contribution in [0.2, 0.25) is 5.15 Å². The van der Waals surface area contributed by atoms with Gasteiger partial charge in [-0.1, -0.05) is 24.9 Å². The van der Waals surface area contributed by atoms with E-state index in [1.807, 2.05) is 6.92 Å². The lowest BCUT2D eigenvalue weighted by atomic mass is 10.2. The fourth-order valence-electron chi connectivity index (χ4n) is 1.06. The predicted molar refractivity (Wildman–Crippen MR) is 54.8 cm³/mol. The van der Waals surface area contributed by atoms with Crippen LogP contribution >= 0.6 is 11.6 Å². The Kier molecular flexibility index (Phi) is 3.48. The second-order valence-electron chi connectivity index (χ2n) is 3.04. The summed E-state index contributed by atoms with van der Waals surface area (Å²) < 4.78 is 0. The molecule has 0 atom stereocenters. The summed E-state index contributed by atoms with van der Waals surface area (Å²) in [4.78, 5) is 8.30. The zero-order chi connectivity index (χ0) is 9.84. The summed E-state index contributed by atoms with van der Waals surface area (Å²) in [6.45, 7) is 3.97. The number of aryl methyl sites for hydroxylation is 2. The van der Waals surface area contributed by atoms with Gasteiger partial charge in [-0.3, -0.25) is 4.98 Å². The largest absolute Gasteiger partial charge is 0.382 e. The van der Waals surface area contributed by atoms with Gasteiger partial charge in [0.05, 0.1) is 11.4 Å². The molecule has 1 aromatic rings. The normalized spacial score (nSPS) is 10.4. The first-order chi connectivity index (χ1) is 6.15. The first kappa shape index (κ1) is 10.3. The van der Waals surface area contributed by atoms with Crippen LogP contribution in [0.1, 0.15) is 31.2 Å². The number of aromatic nitrogens is 2. The van der Waals surface area contributed by atoms with Crippen molar-refractivity contribution in [3.8, 4) is 0 Å². The smallest absolute Gasteiger partial charge is 0.152 e. The third-order valence-electron chi connectivity index (χ3n) is 1.90. The van der Waals surface area contributed by atoms with Crippen molar-refractivity contribution in [2.45, 2.75) is 33.1 Å². The van der Waals surface area contributed by atoms with Crippen LogP contribution in [0.3, 0.4) is 0 Å². The van der Waals surface area contributed by atoms with Gasteiger partial charge in [0, 0.05) is 0 Å². The summed E-state index contributed by atoms with van der Waals surface area (Å²) in [5.74, 6) is 0.422.